The van der Waals surface area contributed by atoms with Crippen LogP contribution in [0.2, 0.25) is 0 Å². The summed E-state index contributed by atoms with van der Waals surface area (Å²) in [5.74, 6) is 0. The van der Waals surface area contributed by atoms with Crippen molar-refractivity contribution in [1.29, 1.82) is 0 Å². The maximum atomic E-state index is 9.58. The van der Waals surface area contributed by atoms with Crippen LogP contribution in [0.5, 0.6) is 0 Å². The van der Waals surface area contributed by atoms with Crippen LogP contribution in [-0.2, 0) is 0 Å². The molecule has 0 spiro atoms. The molecule has 0 saturated heterocycles. The van der Waals surface area contributed by atoms with Gasteiger partial charge in [-0.2, -0.15) is 0 Å². The SMILES string of the molecule is CCN(CC)[C@@](C)(O)CN. The maximum absolute atomic E-state index is 9.58. The molecule has 3 heteroatoms. The summed E-state index contributed by atoms with van der Waals surface area (Å²) in [7, 11) is 0. The molecule has 1 atom stereocenters. The molecular weight excluding hydrogens is 128 g/mol. The molecule has 0 aromatic heterocycles. The topological polar surface area (TPSA) is 49.5 Å². The molecular formula is C7H18N2O. The van der Waals surface area contributed by atoms with E-state index in [1.54, 1.807) is 6.92 Å². The lowest BCUT2D eigenvalue weighted by Crippen LogP contribution is -2.51. The molecule has 0 bridgehead atoms. The van der Waals surface area contributed by atoms with Gasteiger partial charge in [-0.15, -0.1) is 0 Å². The highest BCUT2D eigenvalue weighted by atomic mass is 16.3. The first-order valence-corrected chi connectivity index (χ1v) is 3.76. The first kappa shape index (κ1) is 9.88. The van der Waals surface area contributed by atoms with Gasteiger partial charge >= 0.3 is 0 Å². The number of aliphatic hydroxyl groups is 1. The Morgan fingerprint density at radius 2 is 1.80 bits per heavy atom. The van der Waals surface area contributed by atoms with Crippen molar-refractivity contribution in [2.75, 3.05) is 19.6 Å². The third-order valence-electron chi connectivity index (χ3n) is 1.83. The summed E-state index contributed by atoms with van der Waals surface area (Å²) < 4.78 is 0. The summed E-state index contributed by atoms with van der Waals surface area (Å²) >= 11 is 0. The number of nitrogens with two attached hydrogens (primary N) is 1. The van der Waals surface area contributed by atoms with Crippen LogP contribution in [0.25, 0.3) is 0 Å². The zero-order valence-electron chi connectivity index (χ0n) is 7.09. The minimum atomic E-state index is -0.830. The van der Waals surface area contributed by atoms with Crippen LogP contribution in [0.15, 0.2) is 0 Å². The maximum Gasteiger partial charge on any atom is 0.127 e. The number of likely N-dealkylation sites (N-methyl/N-ethyl adjacent to an activating group) is 1. The molecule has 3 nitrogen and oxygen atoms in total. The molecule has 0 radical (unpaired) electrons. The largest absolute Gasteiger partial charge is 0.375 e. The summed E-state index contributed by atoms with van der Waals surface area (Å²) in [5.41, 5.74) is 4.54. The van der Waals surface area contributed by atoms with Gasteiger partial charge in [0.15, 0.2) is 0 Å². The van der Waals surface area contributed by atoms with E-state index in [1.807, 2.05) is 18.7 Å². The summed E-state index contributed by atoms with van der Waals surface area (Å²) in [6, 6.07) is 0. The molecule has 0 aliphatic heterocycles. The second kappa shape index (κ2) is 3.91. The fourth-order valence-electron chi connectivity index (χ4n) is 1.03. The molecule has 0 fully saturated rings. The molecule has 0 unspecified atom stereocenters. The van der Waals surface area contributed by atoms with E-state index >= 15 is 0 Å². The summed E-state index contributed by atoms with van der Waals surface area (Å²) in [6.45, 7) is 7.71. The Hall–Kier alpha value is -0.120. The first-order valence-electron chi connectivity index (χ1n) is 3.76. The molecule has 10 heavy (non-hydrogen) atoms. The smallest absolute Gasteiger partial charge is 0.127 e. The Morgan fingerprint density at radius 1 is 1.40 bits per heavy atom. The summed E-state index contributed by atoms with van der Waals surface area (Å²) in [5, 5.41) is 9.58. The van der Waals surface area contributed by atoms with Crippen molar-refractivity contribution in [1.82, 2.24) is 4.90 Å². The zero-order valence-corrected chi connectivity index (χ0v) is 7.09. The predicted molar refractivity (Wildman–Crippen MR) is 42.6 cm³/mol. The molecule has 0 rings (SSSR count). The van der Waals surface area contributed by atoms with Crippen LogP contribution >= 0.6 is 0 Å². The molecule has 62 valence electrons. The van der Waals surface area contributed by atoms with E-state index < -0.39 is 5.72 Å². The van der Waals surface area contributed by atoms with Gasteiger partial charge in [0.05, 0.1) is 0 Å². The molecule has 3 N–H and O–H groups in total. The standard InChI is InChI=1S/C7H18N2O/c1-4-9(5-2)7(3,10)6-8/h10H,4-6,8H2,1-3H3/t7-/m0/s1. The number of hydrogen-bond acceptors (Lipinski definition) is 3. The molecule has 0 aliphatic rings. The minimum absolute atomic E-state index is 0.286. The normalized spacial score (nSPS) is 17.4. The van der Waals surface area contributed by atoms with Gasteiger partial charge in [0.2, 0.25) is 0 Å². The fraction of sp³-hybridized carbons (Fsp3) is 1.00. The lowest BCUT2D eigenvalue weighted by atomic mass is 10.2. The lowest BCUT2D eigenvalue weighted by Gasteiger charge is -2.34. The zero-order chi connectivity index (χ0) is 8.20. The van der Waals surface area contributed by atoms with Gasteiger partial charge < -0.3 is 10.8 Å². The average Bonchev–Trinajstić information content (AvgIpc) is 1.90. The van der Waals surface area contributed by atoms with Crippen LogP contribution in [-0.4, -0.2) is 35.4 Å². The van der Waals surface area contributed by atoms with E-state index in [0.29, 0.717) is 0 Å². The quantitative estimate of drug-likeness (QED) is 0.549. The van der Waals surface area contributed by atoms with Crippen molar-refractivity contribution in [2.24, 2.45) is 5.73 Å². The average molecular weight is 146 g/mol. The Balaban J connectivity index is 3.97. The van der Waals surface area contributed by atoms with Crippen molar-refractivity contribution in [3.05, 3.63) is 0 Å². The van der Waals surface area contributed by atoms with E-state index in [4.69, 9.17) is 5.73 Å². The van der Waals surface area contributed by atoms with Gasteiger partial charge in [0.25, 0.3) is 0 Å². The Bertz CT molecular complexity index is 89.6. The van der Waals surface area contributed by atoms with E-state index in [2.05, 4.69) is 0 Å². The fourth-order valence-corrected chi connectivity index (χ4v) is 1.03. The van der Waals surface area contributed by atoms with Crippen molar-refractivity contribution < 1.29 is 5.11 Å². The van der Waals surface area contributed by atoms with Gasteiger partial charge in [-0.25, -0.2) is 0 Å². The number of rotatable bonds is 4. The number of hydrogen-bond donors (Lipinski definition) is 2. The highest BCUT2D eigenvalue weighted by Crippen LogP contribution is 2.07. The van der Waals surface area contributed by atoms with Crippen molar-refractivity contribution in [3.8, 4) is 0 Å². The Labute approximate surface area is 62.8 Å². The molecule has 0 aromatic rings. The molecule has 0 aromatic carbocycles. The van der Waals surface area contributed by atoms with Gasteiger partial charge in [0.1, 0.15) is 5.72 Å². The van der Waals surface area contributed by atoms with Gasteiger partial charge in [-0.05, 0) is 20.0 Å². The third kappa shape index (κ3) is 2.25. The van der Waals surface area contributed by atoms with Crippen molar-refractivity contribution >= 4 is 0 Å². The van der Waals surface area contributed by atoms with Gasteiger partial charge in [0, 0.05) is 6.54 Å². The Morgan fingerprint density at radius 3 is 1.90 bits per heavy atom. The highest BCUT2D eigenvalue weighted by molar-refractivity contribution is 4.72. The summed E-state index contributed by atoms with van der Waals surface area (Å²) in [6.07, 6.45) is 0. The second-order valence-corrected chi connectivity index (χ2v) is 2.59. The van der Waals surface area contributed by atoms with Gasteiger partial charge in [-0.3, -0.25) is 4.90 Å². The Kier molecular flexibility index (Phi) is 3.86. The van der Waals surface area contributed by atoms with Crippen molar-refractivity contribution in [2.45, 2.75) is 26.5 Å². The van der Waals surface area contributed by atoms with Crippen LogP contribution in [0.3, 0.4) is 0 Å². The molecule has 0 aliphatic carbocycles. The van der Waals surface area contributed by atoms with Crippen LogP contribution in [0, 0.1) is 0 Å². The van der Waals surface area contributed by atoms with Crippen molar-refractivity contribution in [3.63, 3.8) is 0 Å². The van der Waals surface area contributed by atoms with Crippen LogP contribution < -0.4 is 5.73 Å². The summed E-state index contributed by atoms with van der Waals surface area (Å²) in [4.78, 5) is 1.92. The molecule has 0 saturated carbocycles. The van der Waals surface area contributed by atoms with Crippen LogP contribution in [0.1, 0.15) is 20.8 Å². The highest BCUT2D eigenvalue weighted by Gasteiger charge is 2.23. The van der Waals surface area contributed by atoms with E-state index in [0.717, 1.165) is 13.1 Å². The predicted octanol–water partition coefficient (Wildman–Crippen LogP) is -0.00460. The van der Waals surface area contributed by atoms with Crippen LogP contribution in [0.4, 0.5) is 0 Å². The molecule has 0 heterocycles. The minimum Gasteiger partial charge on any atom is -0.375 e. The first-order chi connectivity index (χ1) is 4.58. The molecule has 0 amide bonds. The number of nitrogens with zero attached hydrogens (tertiary/aromatic N) is 1. The second-order valence-electron chi connectivity index (χ2n) is 2.59. The lowest BCUT2D eigenvalue weighted by molar-refractivity contribution is -0.0803. The van der Waals surface area contributed by atoms with E-state index in [9.17, 15) is 5.11 Å². The third-order valence-corrected chi connectivity index (χ3v) is 1.83. The monoisotopic (exact) mass is 146 g/mol. The van der Waals surface area contributed by atoms with E-state index in [-0.39, 0.29) is 6.54 Å². The van der Waals surface area contributed by atoms with E-state index in [1.165, 1.54) is 0 Å². The van der Waals surface area contributed by atoms with Gasteiger partial charge in [-0.1, -0.05) is 13.8 Å².